The average Bonchev–Trinajstić information content (AvgIpc) is 2.35. The second-order valence-electron chi connectivity index (χ2n) is 1.94. The summed E-state index contributed by atoms with van der Waals surface area (Å²) in [6.07, 6.45) is 1.89. The lowest BCUT2D eigenvalue weighted by atomic mass is 10.4. The lowest BCUT2D eigenvalue weighted by Crippen LogP contribution is -1.75. The Bertz CT molecular complexity index is 257. The number of nitrogens with one attached hydrogen (secondary N) is 2. The van der Waals surface area contributed by atoms with Crippen LogP contribution in [0.1, 0.15) is 0 Å². The summed E-state index contributed by atoms with van der Waals surface area (Å²) in [4.78, 5) is 0. The van der Waals surface area contributed by atoms with E-state index in [4.69, 9.17) is 11.1 Å². The van der Waals surface area contributed by atoms with E-state index in [9.17, 15) is 0 Å². The van der Waals surface area contributed by atoms with E-state index in [1.54, 1.807) is 0 Å². The number of hydrazone groups is 2. The summed E-state index contributed by atoms with van der Waals surface area (Å²) in [7, 11) is 0. The van der Waals surface area contributed by atoms with Gasteiger partial charge in [0.15, 0.2) is 12.7 Å². The molecule has 1 aromatic carbocycles. The third-order valence-corrected chi connectivity index (χ3v) is 0.915. The fourth-order valence-electron chi connectivity index (χ4n) is 0.452. The summed E-state index contributed by atoms with van der Waals surface area (Å²) in [6, 6.07) is 12.0. The Kier molecular flexibility index (Phi) is 27.7. The molecule has 0 aliphatic carbocycles. The third-order valence-electron chi connectivity index (χ3n) is 0.915. The van der Waals surface area contributed by atoms with Crippen molar-refractivity contribution in [1.29, 1.82) is 11.1 Å². The molecule has 0 aromatic heterocycles. The minimum atomic E-state index is 0. The van der Waals surface area contributed by atoms with Gasteiger partial charge in [-0.05, 0) is 0 Å². The molecule has 0 amide bonds. The Labute approximate surface area is 105 Å². The first kappa shape index (κ1) is 20.1. The van der Waals surface area contributed by atoms with Gasteiger partial charge >= 0.3 is 0 Å². The highest BCUT2D eigenvalue weighted by Gasteiger charge is 1.57. The molecule has 1 aromatic rings. The molecule has 0 saturated carbocycles. The first-order chi connectivity index (χ1) is 7.83. The Morgan fingerprint density at radius 1 is 0.706 bits per heavy atom. The van der Waals surface area contributed by atoms with Gasteiger partial charge in [0.2, 0.25) is 0 Å². The lowest BCUT2D eigenvalue weighted by Gasteiger charge is -1.69. The molecule has 6 N–H and O–H groups in total. The zero-order chi connectivity index (χ0) is 12.5. The number of rotatable bonds is 2. The fourth-order valence-corrected chi connectivity index (χ4v) is 0.452. The number of hydrogen-bond donors (Lipinski definition) is 4. The van der Waals surface area contributed by atoms with Crippen molar-refractivity contribution in [3.63, 3.8) is 0 Å². The largest absolute Gasteiger partial charge is 0.322 e. The zero-order valence-corrected chi connectivity index (χ0v) is 9.79. The van der Waals surface area contributed by atoms with Gasteiger partial charge in [-0.15, -0.1) is 22.6 Å². The van der Waals surface area contributed by atoms with Crippen LogP contribution in [0.3, 0.4) is 0 Å². The van der Waals surface area contributed by atoms with Crippen molar-refractivity contribution in [3.05, 3.63) is 36.4 Å². The van der Waals surface area contributed by atoms with Crippen LogP contribution >= 0.6 is 12.4 Å². The van der Waals surface area contributed by atoms with E-state index in [0.717, 1.165) is 12.7 Å². The van der Waals surface area contributed by atoms with Crippen LogP contribution in [0.15, 0.2) is 56.8 Å². The van der Waals surface area contributed by atoms with E-state index < -0.39 is 0 Å². The van der Waals surface area contributed by atoms with Crippen LogP contribution < -0.4 is 11.7 Å². The highest BCUT2D eigenvalue weighted by molar-refractivity contribution is 5.85. The van der Waals surface area contributed by atoms with Crippen LogP contribution in [0.25, 0.3) is 0 Å². The molecule has 9 heteroatoms. The van der Waals surface area contributed by atoms with Gasteiger partial charge in [0.05, 0.1) is 0 Å². The number of nitrogens with two attached hydrogens (primary N) is 2. The maximum Gasteiger partial charge on any atom is 0.156 e. The topological polar surface area (TPSA) is 149 Å². The van der Waals surface area contributed by atoms with Crippen molar-refractivity contribution in [1.82, 2.24) is 0 Å². The van der Waals surface area contributed by atoms with E-state index in [1.165, 1.54) is 0 Å². The van der Waals surface area contributed by atoms with Crippen molar-refractivity contribution < 1.29 is 0 Å². The van der Waals surface area contributed by atoms with Crippen molar-refractivity contribution in [3.8, 4) is 0 Å². The van der Waals surface area contributed by atoms with Gasteiger partial charge in [0, 0.05) is 0 Å². The maximum atomic E-state index is 6.00. The van der Waals surface area contributed by atoms with Gasteiger partial charge in [-0.3, -0.25) is 0 Å². The molecule has 0 bridgehead atoms. The van der Waals surface area contributed by atoms with Crippen LogP contribution in [-0.4, -0.2) is 12.7 Å². The summed E-state index contributed by atoms with van der Waals surface area (Å²) < 4.78 is 0. The first-order valence-electron chi connectivity index (χ1n) is 4.00. The van der Waals surface area contributed by atoms with Crippen molar-refractivity contribution in [2.24, 2.45) is 32.1 Å². The molecule has 17 heavy (non-hydrogen) atoms. The van der Waals surface area contributed by atoms with Crippen LogP contribution in [-0.2, 0) is 0 Å². The molecule has 0 radical (unpaired) electrons. The second-order valence-corrected chi connectivity index (χ2v) is 1.94. The maximum absolute atomic E-state index is 6.00. The number of benzene rings is 1. The Balaban J connectivity index is -0.000000170. The van der Waals surface area contributed by atoms with Crippen LogP contribution in [0.2, 0.25) is 0 Å². The molecule has 8 nitrogen and oxygen atoms in total. The molecule has 0 heterocycles. The van der Waals surface area contributed by atoms with Gasteiger partial charge in [0.25, 0.3) is 0 Å². The van der Waals surface area contributed by atoms with E-state index in [0.29, 0.717) is 0 Å². The van der Waals surface area contributed by atoms with Crippen molar-refractivity contribution >= 4 is 25.1 Å². The molecule has 0 saturated heterocycles. The summed E-state index contributed by atoms with van der Waals surface area (Å²) >= 11 is 0. The lowest BCUT2D eigenvalue weighted by molar-refractivity contribution is 1.17. The predicted molar refractivity (Wildman–Crippen MR) is 69.3 cm³/mol. The van der Waals surface area contributed by atoms with Crippen molar-refractivity contribution in [2.75, 3.05) is 0 Å². The normalized spacial score (nSPS) is 8.00. The van der Waals surface area contributed by atoms with Crippen LogP contribution in [0, 0.1) is 11.1 Å². The first-order valence-corrected chi connectivity index (χ1v) is 4.00. The summed E-state index contributed by atoms with van der Waals surface area (Å²) in [6.45, 7) is 0. The minimum Gasteiger partial charge on any atom is -0.322 e. The SMILES string of the molecule is Cl.N=NC=NN.N=NC=NN.c1ccccc1. The van der Waals surface area contributed by atoms with E-state index >= 15 is 0 Å². The summed E-state index contributed by atoms with van der Waals surface area (Å²) in [5.41, 5.74) is 12.0. The smallest absolute Gasteiger partial charge is 0.156 e. The number of hydrogen-bond acceptors (Lipinski definition) is 6. The second kappa shape index (κ2) is 23.5. The molecule has 0 unspecified atom stereocenters. The molecule has 0 aliphatic rings. The van der Waals surface area contributed by atoms with Gasteiger partial charge in [0.1, 0.15) is 0 Å². The molecule has 0 fully saturated rings. The quantitative estimate of drug-likeness (QED) is 0.211. The van der Waals surface area contributed by atoms with E-state index in [-0.39, 0.29) is 12.4 Å². The molecule has 0 aliphatic heterocycles. The van der Waals surface area contributed by atoms with Gasteiger partial charge in [-0.2, -0.15) is 10.2 Å². The summed E-state index contributed by atoms with van der Waals surface area (Å²) in [5.74, 6) is 8.99. The minimum absolute atomic E-state index is 0. The zero-order valence-electron chi connectivity index (χ0n) is 8.97. The molecule has 94 valence electrons. The van der Waals surface area contributed by atoms with Gasteiger partial charge in [-0.1, -0.05) is 36.4 Å². The van der Waals surface area contributed by atoms with Gasteiger partial charge < -0.3 is 11.7 Å². The number of halogens is 1. The molecule has 0 atom stereocenters. The molecule has 0 spiro atoms. The molecular formula is C8H15ClN8. The highest BCUT2D eigenvalue weighted by atomic mass is 35.5. The Morgan fingerprint density at radius 2 is 0.941 bits per heavy atom. The standard InChI is InChI=1S/C6H6.2CH4N4.ClH/c1-2-4-6-5-3-1;2*2-4-1-5-3;/h1-6H;2*1-2H,3H2;1H. The Morgan fingerprint density at radius 3 is 1.00 bits per heavy atom. The van der Waals surface area contributed by atoms with E-state index in [2.05, 4.69) is 32.1 Å². The van der Waals surface area contributed by atoms with Crippen LogP contribution in [0.5, 0.6) is 0 Å². The van der Waals surface area contributed by atoms with E-state index in [1.807, 2.05) is 36.4 Å². The molecular weight excluding hydrogens is 244 g/mol. The van der Waals surface area contributed by atoms with Crippen LogP contribution in [0.4, 0.5) is 0 Å². The highest BCUT2D eigenvalue weighted by Crippen LogP contribution is 1.79. The van der Waals surface area contributed by atoms with Crippen molar-refractivity contribution in [2.45, 2.75) is 0 Å². The Hall–Kier alpha value is -2.35. The average molecular weight is 259 g/mol. The predicted octanol–water partition coefficient (Wildman–Crippen LogP) is 1.95. The molecule has 1 rings (SSSR count). The van der Waals surface area contributed by atoms with Gasteiger partial charge in [-0.25, -0.2) is 11.1 Å². The third kappa shape index (κ3) is 31.7. The summed E-state index contributed by atoms with van der Waals surface area (Å²) in [5, 5.41) is 11.1. The fraction of sp³-hybridized carbons (Fsp3) is 0. The number of nitrogens with zero attached hydrogens (tertiary/aromatic N) is 4. The monoisotopic (exact) mass is 258 g/mol.